The van der Waals surface area contributed by atoms with Crippen LogP contribution in [0.4, 0.5) is 0 Å². The van der Waals surface area contributed by atoms with Crippen LogP contribution >= 0.6 is 0 Å². The molecule has 0 aliphatic heterocycles. The number of ketones is 1. The fourth-order valence-electron chi connectivity index (χ4n) is 1.84. The van der Waals surface area contributed by atoms with Gasteiger partial charge in [-0.1, -0.05) is 12.5 Å². The molecule has 1 aliphatic rings. The quantitative estimate of drug-likeness (QED) is 0.397. The van der Waals surface area contributed by atoms with Gasteiger partial charge in [-0.15, -0.1) is 0 Å². The minimum atomic E-state index is -0.159. The van der Waals surface area contributed by atoms with Gasteiger partial charge < -0.3 is 9.47 Å². The van der Waals surface area contributed by atoms with Crippen LogP contribution in [0.5, 0.6) is 0 Å². The molecular weight excluding hydrogens is 232 g/mol. The van der Waals surface area contributed by atoms with E-state index >= 15 is 0 Å². The highest BCUT2D eigenvalue weighted by Crippen LogP contribution is 2.22. The van der Waals surface area contributed by atoms with Crippen molar-refractivity contribution in [1.82, 2.24) is 0 Å². The van der Waals surface area contributed by atoms with Crippen molar-refractivity contribution >= 4 is 11.8 Å². The lowest BCUT2D eigenvalue weighted by Gasteiger charge is -2.00. The summed E-state index contributed by atoms with van der Waals surface area (Å²) in [4.78, 5) is 22.4. The summed E-state index contributed by atoms with van der Waals surface area (Å²) in [5, 5.41) is 0. The van der Waals surface area contributed by atoms with E-state index in [-0.39, 0.29) is 11.8 Å². The van der Waals surface area contributed by atoms with Gasteiger partial charge in [0.05, 0.1) is 14.2 Å². The van der Waals surface area contributed by atoms with E-state index in [9.17, 15) is 9.59 Å². The predicted octanol–water partition coefficient (Wildman–Crippen LogP) is 2.54. The van der Waals surface area contributed by atoms with E-state index in [1.54, 1.807) is 13.2 Å². The Labute approximate surface area is 108 Å². The summed E-state index contributed by atoms with van der Waals surface area (Å²) in [5.74, 6) is 0.631. The lowest BCUT2D eigenvalue weighted by Crippen LogP contribution is -1.99. The van der Waals surface area contributed by atoms with Crippen LogP contribution in [0, 0.1) is 0 Å². The highest BCUT2D eigenvalue weighted by Gasteiger charge is 2.18. The number of methoxy groups -OCH3 is 2. The molecule has 0 aromatic heterocycles. The first-order chi connectivity index (χ1) is 8.67. The van der Waals surface area contributed by atoms with E-state index in [0.29, 0.717) is 12.8 Å². The largest absolute Gasteiger partial charge is 0.501 e. The maximum absolute atomic E-state index is 11.5. The number of hydrogen-bond acceptors (Lipinski definition) is 4. The van der Waals surface area contributed by atoms with Gasteiger partial charge >= 0.3 is 5.97 Å². The molecule has 0 radical (unpaired) electrons. The molecule has 4 nitrogen and oxygen atoms in total. The third-order valence-corrected chi connectivity index (χ3v) is 2.94. The van der Waals surface area contributed by atoms with Crippen molar-refractivity contribution in [3.8, 4) is 0 Å². The van der Waals surface area contributed by atoms with Crippen molar-refractivity contribution < 1.29 is 19.1 Å². The minimum Gasteiger partial charge on any atom is -0.501 e. The van der Waals surface area contributed by atoms with Gasteiger partial charge in [-0.3, -0.25) is 9.59 Å². The second kappa shape index (κ2) is 7.69. The summed E-state index contributed by atoms with van der Waals surface area (Å²) in [7, 11) is 2.98. The third kappa shape index (κ3) is 4.73. The van der Waals surface area contributed by atoms with E-state index < -0.39 is 0 Å². The zero-order valence-corrected chi connectivity index (χ0v) is 11.0. The highest BCUT2D eigenvalue weighted by atomic mass is 16.5. The highest BCUT2D eigenvalue weighted by molar-refractivity contribution is 6.07. The fraction of sp³-hybridized carbons (Fsp3) is 0.571. The number of unbranched alkanes of at least 4 members (excludes halogenated alkanes) is 3. The summed E-state index contributed by atoms with van der Waals surface area (Å²) in [5.41, 5.74) is 0.819. The monoisotopic (exact) mass is 252 g/mol. The van der Waals surface area contributed by atoms with Crippen molar-refractivity contribution in [1.29, 1.82) is 0 Å². The summed E-state index contributed by atoms with van der Waals surface area (Å²) in [6.45, 7) is 0. The Morgan fingerprint density at radius 1 is 1.33 bits per heavy atom. The first-order valence-corrected chi connectivity index (χ1v) is 6.22. The lowest BCUT2D eigenvalue weighted by atomic mass is 10.1. The molecule has 0 saturated carbocycles. The average Bonchev–Trinajstić information content (AvgIpc) is 2.74. The van der Waals surface area contributed by atoms with Gasteiger partial charge in [0.1, 0.15) is 5.76 Å². The maximum atomic E-state index is 11.5. The van der Waals surface area contributed by atoms with Gasteiger partial charge in [0, 0.05) is 24.5 Å². The molecule has 0 aromatic carbocycles. The average molecular weight is 252 g/mol. The zero-order valence-electron chi connectivity index (χ0n) is 11.0. The van der Waals surface area contributed by atoms with Crippen LogP contribution in [-0.4, -0.2) is 26.0 Å². The number of rotatable bonds is 7. The molecule has 18 heavy (non-hydrogen) atoms. The minimum absolute atomic E-state index is 0.0569. The van der Waals surface area contributed by atoms with Crippen LogP contribution in [0.2, 0.25) is 0 Å². The summed E-state index contributed by atoms with van der Waals surface area (Å²) in [6.07, 6.45) is 8.26. The summed E-state index contributed by atoms with van der Waals surface area (Å²) >= 11 is 0. The molecule has 4 heteroatoms. The number of esters is 1. The SMILES string of the molecule is COC(=O)CCCCC/C=C1\CC(OC)=CC1=O. The molecule has 0 saturated heterocycles. The smallest absolute Gasteiger partial charge is 0.305 e. The fourth-order valence-corrected chi connectivity index (χ4v) is 1.84. The Hall–Kier alpha value is -1.58. The molecule has 0 spiro atoms. The van der Waals surface area contributed by atoms with E-state index in [2.05, 4.69) is 4.74 Å². The van der Waals surface area contributed by atoms with Crippen molar-refractivity contribution in [2.24, 2.45) is 0 Å². The molecular formula is C14H20O4. The van der Waals surface area contributed by atoms with Crippen LogP contribution in [0.3, 0.4) is 0 Å². The van der Waals surface area contributed by atoms with Crippen molar-refractivity contribution in [3.05, 3.63) is 23.5 Å². The Morgan fingerprint density at radius 3 is 2.72 bits per heavy atom. The molecule has 0 aromatic rings. The van der Waals surface area contributed by atoms with E-state index in [1.165, 1.54) is 7.11 Å². The van der Waals surface area contributed by atoms with Crippen molar-refractivity contribution in [3.63, 3.8) is 0 Å². The van der Waals surface area contributed by atoms with Crippen LogP contribution in [0.15, 0.2) is 23.5 Å². The molecule has 0 fully saturated rings. The van der Waals surface area contributed by atoms with Gasteiger partial charge in [-0.25, -0.2) is 0 Å². The second-order valence-electron chi connectivity index (χ2n) is 4.26. The predicted molar refractivity (Wildman–Crippen MR) is 67.9 cm³/mol. The van der Waals surface area contributed by atoms with Gasteiger partial charge in [0.15, 0.2) is 5.78 Å². The number of ether oxygens (including phenoxy) is 2. The van der Waals surface area contributed by atoms with E-state index in [1.807, 2.05) is 6.08 Å². The number of allylic oxidation sites excluding steroid dienone is 3. The molecule has 0 N–H and O–H groups in total. The molecule has 0 bridgehead atoms. The molecule has 0 atom stereocenters. The molecule has 100 valence electrons. The van der Waals surface area contributed by atoms with Crippen molar-refractivity contribution in [2.45, 2.75) is 38.5 Å². The van der Waals surface area contributed by atoms with E-state index in [4.69, 9.17) is 4.74 Å². The number of carbonyl (C=O) groups excluding carboxylic acids is 2. The molecule has 1 rings (SSSR count). The van der Waals surface area contributed by atoms with Crippen LogP contribution in [0.25, 0.3) is 0 Å². The Bertz CT molecular complexity index is 366. The first-order valence-electron chi connectivity index (χ1n) is 6.22. The summed E-state index contributed by atoms with van der Waals surface area (Å²) in [6, 6.07) is 0. The second-order valence-corrected chi connectivity index (χ2v) is 4.26. The van der Waals surface area contributed by atoms with Crippen LogP contribution in [-0.2, 0) is 19.1 Å². The Kier molecular flexibility index (Phi) is 6.19. The van der Waals surface area contributed by atoms with Crippen LogP contribution < -0.4 is 0 Å². The zero-order chi connectivity index (χ0) is 13.4. The van der Waals surface area contributed by atoms with Crippen molar-refractivity contribution in [2.75, 3.05) is 14.2 Å². The van der Waals surface area contributed by atoms with Crippen LogP contribution in [0.1, 0.15) is 38.5 Å². The first kappa shape index (κ1) is 14.5. The Morgan fingerprint density at radius 2 is 2.11 bits per heavy atom. The number of carbonyl (C=O) groups is 2. The van der Waals surface area contributed by atoms with E-state index in [0.717, 1.165) is 37.0 Å². The van der Waals surface area contributed by atoms with Gasteiger partial charge in [-0.05, 0) is 19.3 Å². The Balaban J connectivity index is 2.15. The van der Waals surface area contributed by atoms with Gasteiger partial charge in [0.25, 0.3) is 0 Å². The third-order valence-electron chi connectivity index (χ3n) is 2.94. The standard InChI is InChI=1S/C14H20O4/c1-17-12-9-11(13(15)10-12)7-5-3-4-6-8-14(16)18-2/h7,10H,3-6,8-9H2,1-2H3/b11-7+. The topological polar surface area (TPSA) is 52.6 Å². The maximum Gasteiger partial charge on any atom is 0.305 e. The summed E-state index contributed by atoms with van der Waals surface area (Å²) < 4.78 is 9.60. The lowest BCUT2D eigenvalue weighted by molar-refractivity contribution is -0.140. The molecule has 1 aliphatic carbocycles. The molecule has 0 unspecified atom stereocenters. The number of hydrogen-bond donors (Lipinski definition) is 0. The van der Waals surface area contributed by atoms with Gasteiger partial charge in [0.2, 0.25) is 0 Å². The van der Waals surface area contributed by atoms with Gasteiger partial charge in [-0.2, -0.15) is 0 Å². The molecule has 0 heterocycles. The normalized spacial score (nSPS) is 16.9. The molecule has 0 amide bonds.